The zero-order chi connectivity index (χ0) is 18.8. The third-order valence-electron chi connectivity index (χ3n) is 4.42. The monoisotopic (exact) mass is 370 g/mol. The predicted octanol–water partition coefficient (Wildman–Crippen LogP) is 4.46. The van der Waals surface area contributed by atoms with Gasteiger partial charge in [0.15, 0.2) is 5.11 Å². The number of hydrogen-bond acceptors (Lipinski definition) is 2. The molecule has 26 heavy (non-hydrogen) atoms. The van der Waals surface area contributed by atoms with Crippen LogP contribution in [0.4, 0.5) is 0 Å². The number of aryl methyl sites for hydroxylation is 1. The molecular formula is C22H30N2OS. The Kier molecular flexibility index (Phi) is 8.42. The molecule has 0 saturated carbocycles. The quantitative estimate of drug-likeness (QED) is 0.659. The van der Waals surface area contributed by atoms with Crippen molar-refractivity contribution in [1.82, 2.24) is 10.2 Å². The Bertz CT molecular complexity index is 673. The first kappa shape index (κ1) is 20.2. The summed E-state index contributed by atoms with van der Waals surface area (Å²) in [6.07, 6.45) is 3.07. The fraction of sp³-hybridized carbons (Fsp3) is 0.409. The molecule has 0 unspecified atom stereocenters. The summed E-state index contributed by atoms with van der Waals surface area (Å²) in [5.74, 6) is 0.918. The zero-order valence-corrected chi connectivity index (χ0v) is 16.9. The molecule has 140 valence electrons. The molecule has 0 spiro atoms. The first-order valence-electron chi connectivity index (χ1n) is 9.31. The van der Waals surface area contributed by atoms with E-state index in [1.54, 1.807) is 7.11 Å². The van der Waals surface area contributed by atoms with Gasteiger partial charge in [0.1, 0.15) is 5.75 Å². The second-order valence-electron chi connectivity index (χ2n) is 6.71. The van der Waals surface area contributed by atoms with E-state index >= 15 is 0 Å². The Morgan fingerprint density at radius 1 is 1.04 bits per heavy atom. The van der Waals surface area contributed by atoms with Crippen molar-refractivity contribution in [3.63, 3.8) is 0 Å². The van der Waals surface area contributed by atoms with E-state index in [0.29, 0.717) is 6.04 Å². The van der Waals surface area contributed by atoms with Crippen molar-refractivity contribution in [2.75, 3.05) is 20.2 Å². The molecule has 0 bridgehead atoms. The minimum atomic E-state index is 0.386. The average Bonchev–Trinajstić information content (AvgIpc) is 2.66. The van der Waals surface area contributed by atoms with E-state index in [9.17, 15) is 0 Å². The lowest BCUT2D eigenvalue weighted by molar-refractivity contribution is 0.339. The third kappa shape index (κ3) is 6.68. The first-order chi connectivity index (χ1) is 12.6. The lowest BCUT2D eigenvalue weighted by atomic mass is 10.1. The molecule has 3 nitrogen and oxygen atoms in total. The zero-order valence-electron chi connectivity index (χ0n) is 16.1. The third-order valence-corrected chi connectivity index (χ3v) is 4.79. The topological polar surface area (TPSA) is 24.5 Å². The number of benzene rings is 2. The van der Waals surface area contributed by atoms with Crippen LogP contribution in [0.2, 0.25) is 0 Å². The summed E-state index contributed by atoms with van der Waals surface area (Å²) >= 11 is 5.63. The van der Waals surface area contributed by atoms with E-state index in [0.717, 1.165) is 43.2 Å². The number of hydrogen-bond donors (Lipinski definition) is 1. The highest BCUT2D eigenvalue weighted by Gasteiger charge is 2.12. The molecule has 2 rings (SSSR count). The molecule has 1 N–H and O–H groups in total. The summed E-state index contributed by atoms with van der Waals surface area (Å²) in [7, 11) is 1.71. The summed E-state index contributed by atoms with van der Waals surface area (Å²) in [6.45, 7) is 6.20. The highest BCUT2D eigenvalue weighted by molar-refractivity contribution is 7.80. The highest BCUT2D eigenvalue weighted by atomic mass is 32.1. The van der Waals surface area contributed by atoms with Crippen molar-refractivity contribution >= 4 is 17.3 Å². The smallest absolute Gasteiger partial charge is 0.169 e. The lowest BCUT2D eigenvalue weighted by Crippen LogP contribution is -2.44. The Balaban J connectivity index is 1.78. The van der Waals surface area contributed by atoms with Gasteiger partial charge in [-0.05, 0) is 68.6 Å². The van der Waals surface area contributed by atoms with E-state index in [-0.39, 0.29) is 0 Å². The Morgan fingerprint density at radius 2 is 1.77 bits per heavy atom. The van der Waals surface area contributed by atoms with Gasteiger partial charge in [-0.25, -0.2) is 0 Å². The van der Waals surface area contributed by atoms with Gasteiger partial charge in [0.05, 0.1) is 7.11 Å². The predicted molar refractivity (Wildman–Crippen MR) is 114 cm³/mol. The standard InChI is InChI=1S/C22H30N2OS/c1-18(2)24(16-8-12-20-11-7-13-21(17-20)25-3)22(26)23-15-14-19-9-5-4-6-10-19/h4-7,9-11,13,17-18H,8,12,14-16H2,1-3H3,(H,23,26). The van der Waals surface area contributed by atoms with Gasteiger partial charge in [-0.2, -0.15) is 0 Å². The number of methoxy groups -OCH3 is 1. The molecule has 0 fully saturated rings. The van der Waals surface area contributed by atoms with Gasteiger partial charge in [-0.3, -0.25) is 0 Å². The summed E-state index contributed by atoms with van der Waals surface area (Å²) in [6, 6.07) is 19.2. The first-order valence-corrected chi connectivity index (χ1v) is 9.72. The molecule has 0 aliphatic heterocycles. The molecule has 2 aromatic carbocycles. The fourth-order valence-corrected chi connectivity index (χ4v) is 3.34. The second-order valence-corrected chi connectivity index (χ2v) is 7.10. The van der Waals surface area contributed by atoms with Crippen LogP contribution >= 0.6 is 12.2 Å². The van der Waals surface area contributed by atoms with Crippen molar-refractivity contribution in [1.29, 1.82) is 0 Å². The van der Waals surface area contributed by atoms with Crippen molar-refractivity contribution < 1.29 is 4.74 Å². The molecule has 4 heteroatoms. The number of nitrogens with zero attached hydrogens (tertiary/aromatic N) is 1. The molecule has 0 aliphatic carbocycles. The van der Waals surface area contributed by atoms with Gasteiger partial charge in [0.25, 0.3) is 0 Å². The summed E-state index contributed by atoms with van der Waals surface area (Å²) in [5, 5.41) is 4.27. The number of ether oxygens (including phenoxy) is 1. The van der Waals surface area contributed by atoms with Crippen LogP contribution in [0.15, 0.2) is 54.6 Å². The van der Waals surface area contributed by atoms with Crippen LogP contribution in [0.25, 0.3) is 0 Å². The molecule has 2 aromatic rings. The minimum Gasteiger partial charge on any atom is -0.497 e. The molecule has 0 radical (unpaired) electrons. The van der Waals surface area contributed by atoms with Gasteiger partial charge in [0, 0.05) is 19.1 Å². The Labute approximate surface area is 163 Å². The molecule has 0 aliphatic rings. The molecular weight excluding hydrogens is 340 g/mol. The maximum absolute atomic E-state index is 5.63. The van der Waals surface area contributed by atoms with Crippen LogP contribution in [0.1, 0.15) is 31.4 Å². The molecule has 0 amide bonds. The Morgan fingerprint density at radius 3 is 2.46 bits per heavy atom. The van der Waals surface area contributed by atoms with E-state index < -0.39 is 0 Å². The van der Waals surface area contributed by atoms with Gasteiger partial charge >= 0.3 is 0 Å². The van der Waals surface area contributed by atoms with E-state index in [1.807, 2.05) is 18.2 Å². The maximum Gasteiger partial charge on any atom is 0.169 e. The summed E-state index contributed by atoms with van der Waals surface area (Å²) in [5.41, 5.74) is 2.63. The summed E-state index contributed by atoms with van der Waals surface area (Å²) < 4.78 is 5.30. The van der Waals surface area contributed by atoms with Crippen molar-refractivity contribution in [2.24, 2.45) is 0 Å². The van der Waals surface area contributed by atoms with Crippen LogP contribution in [-0.2, 0) is 12.8 Å². The Hall–Kier alpha value is -2.07. The van der Waals surface area contributed by atoms with E-state index in [2.05, 4.69) is 60.5 Å². The minimum absolute atomic E-state index is 0.386. The number of nitrogens with one attached hydrogen (secondary N) is 1. The number of thiocarbonyl (C=S) groups is 1. The van der Waals surface area contributed by atoms with Crippen molar-refractivity contribution in [2.45, 2.75) is 39.2 Å². The normalized spacial score (nSPS) is 10.6. The lowest BCUT2D eigenvalue weighted by Gasteiger charge is -2.30. The SMILES string of the molecule is COc1cccc(CCCN(C(=S)NCCc2ccccc2)C(C)C)c1. The van der Waals surface area contributed by atoms with E-state index in [1.165, 1.54) is 11.1 Å². The van der Waals surface area contributed by atoms with Crippen LogP contribution in [-0.4, -0.2) is 36.3 Å². The molecule has 0 aromatic heterocycles. The summed E-state index contributed by atoms with van der Waals surface area (Å²) in [4.78, 5) is 2.28. The second kappa shape index (κ2) is 10.8. The maximum atomic E-state index is 5.63. The fourth-order valence-electron chi connectivity index (χ4n) is 2.94. The molecule has 0 atom stereocenters. The van der Waals surface area contributed by atoms with Crippen molar-refractivity contribution in [3.05, 3.63) is 65.7 Å². The van der Waals surface area contributed by atoms with Crippen LogP contribution in [0.5, 0.6) is 5.75 Å². The van der Waals surface area contributed by atoms with Gasteiger partial charge < -0.3 is 15.0 Å². The van der Waals surface area contributed by atoms with Crippen LogP contribution in [0, 0.1) is 0 Å². The van der Waals surface area contributed by atoms with E-state index in [4.69, 9.17) is 17.0 Å². The van der Waals surface area contributed by atoms with Gasteiger partial charge in [0.2, 0.25) is 0 Å². The van der Waals surface area contributed by atoms with Crippen molar-refractivity contribution in [3.8, 4) is 5.75 Å². The van der Waals surface area contributed by atoms with Gasteiger partial charge in [-0.1, -0.05) is 42.5 Å². The van der Waals surface area contributed by atoms with Crippen LogP contribution in [0.3, 0.4) is 0 Å². The average molecular weight is 371 g/mol. The van der Waals surface area contributed by atoms with Gasteiger partial charge in [-0.15, -0.1) is 0 Å². The molecule has 0 heterocycles. The molecule has 0 saturated heterocycles. The largest absolute Gasteiger partial charge is 0.497 e. The highest BCUT2D eigenvalue weighted by Crippen LogP contribution is 2.14. The van der Waals surface area contributed by atoms with Crippen LogP contribution < -0.4 is 10.1 Å². The number of rotatable bonds is 9.